The van der Waals surface area contributed by atoms with Gasteiger partial charge in [-0.05, 0) is 37.5 Å². The van der Waals surface area contributed by atoms with Crippen molar-refractivity contribution in [3.8, 4) is 11.6 Å². The third kappa shape index (κ3) is 3.47. The molecular weight excluding hydrogens is 250 g/mol. The third-order valence-corrected chi connectivity index (χ3v) is 3.13. The van der Waals surface area contributed by atoms with Crippen LogP contribution in [0.3, 0.4) is 0 Å². The lowest BCUT2D eigenvalue weighted by Gasteiger charge is -2.11. The minimum atomic E-state index is 0.600. The Morgan fingerprint density at radius 1 is 1.10 bits per heavy atom. The fraction of sp³-hybridized carbons (Fsp3) is 0.375. The minimum absolute atomic E-state index is 0.600. The zero-order valence-electron chi connectivity index (χ0n) is 12.3. The van der Waals surface area contributed by atoms with Crippen LogP contribution in [0.15, 0.2) is 30.6 Å². The van der Waals surface area contributed by atoms with Crippen molar-refractivity contribution in [3.05, 3.63) is 41.7 Å². The van der Waals surface area contributed by atoms with Gasteiger partial charge >= 0.3 is 0 Å². The molecule has 0 fully saturated rings. The van der Waals surface area contributed by atoms with E-state index in [1.54, 1.807) is 0 Å². The standard InChI is InChI=1S/C16H21N3O/c1-4-10-17-15-12(3)16(19-11-18-15)20-14-8-6-13(5-2)7-9-14/h6-9,11H,4-5,10H2,1-3H3,(H,17,18,19). The molecule has 1 N–H and O–H groups in total. The van der Waals surface area contributed by atoms with E-state index in [1.807, 2.05) is 19.1 Å². The summed E-state index contributed by atoms with van der Waals surface area (Å²) in [7, 11) is 0. The molecule has 0 unspecified atom stereocenters. The number of benzene rings is 1. The van der Waals surface area contributed by atoms with Gasteiger partial charge in [-0.15, -0.1) is 0 Å². The highest BCUT2D eigenvalue weighted by molar-refractivity contribution is 5.48. The third-order valence-electron chi connectivity index (χ3n) is 3.13. The summed E-state index contributed by atoms with van der Waals surface area (Å²) in [6.07, 6.45) is 3.61. The largest absolute Gasteiger partial charge is 0.439 e. The van der Waals surface area contributed by atoms with Crippen molar-refractivity contribution in [2.45, 2.75) is 33.6 Å². The second-order valence-corrected chi connectivity index (χ2v) is 4.68. The normalized spacial score (nSPS) is 10.3. The van der Waals surface area contributed by atoms with Gasteiger partial charge in [0.2, 0.25) is 5.88 Å². The summed E-state index contributed by atoms with van der Waals surface area (Å²) in [6, 6.07) is 8.09. The Balaban J connectivity index is 2.15. The maximum atomic E-state index is 5.84. The molecule has 106 valence electrons. The first-order valence-electron chi connectivity index (χ1n) is 7.06. The Morgan fingerprint density at radius 3 is 2.50 bits per heavy atom. The number of rotatable bonds is 6. The average molecular weight is 271 g/mol. The lowest BCUT2D eigenvalue weighted by atomic mass is 10.2. The number of hydrogen-bond acceptors (Lipinski definition) is 4. The second-order valence-electron chi connectivity index (χ2n) is 4.68. The maximum Gasteiger partial charge on any atom is 0.227 e. The number of anilines is 1. The van der Waals surface area contributed by atoms with Crippen LogP contribution >= 0.6 is 0 Å². The van der Waals surface area contributed by atoms with Crippen molar-refractivity contribution in [3.63, 3.8) is 0 Å². The summed E-state index contributed by atoms with van der Waals surface area (Å²) in [5.41, 5.74) is 2.22. The second kappa shape index (κ2) is 6.89. The van der Waals surface area contributed by atoms with Gasteiger partial charge in [-0.1, -0.05) is 26.0 Å². The first-order valence-corrected chi connectivity index (χ1v) is 7.06. The molecule has 0 radical (unpaired) electrons. The van der Waals surface area contributed by atoms with Crippen LogP contribution in [-0.4, -0.2) is 16.5 Å². The van der Waals surface area contributed by atoms with Gasteiger partial charge < -0.3 is 10.1 Å². The van der Waals surface area contributed by atoms with Crippen LogP contribution in [-0.2, 0) is 6.42 Å². The molecule has 0 aliphatic carbocycles. The molecule has 0 amide bonds. The molecule has 0 atom stereocenters. The fourth-order valence-electron chi connectivity index (χ4n) is 1.86. The number of hydrogen-bond donors (Lipinski definition) is 1. The van der Waals surface area contributed by atoms with E-state index in [0.717, 1.165) is 36.5 Å². The summed E-state index contributed by atoms with van der Waals surface area (Å²) < 4.78 is 5.84. The first kappa shape index (κ1) is 14.3. The lowest BCUT2D eigenvalue weighted by molar-refractivity contribution is 0.457. The van der Waals surface area contributed by atoms with Crippen molar-refractivity contribution >= 4 is 5.82 Å². The molecule has 1 aromatic heterocycles. The van der Waals surface area contributed by atoms with Crippen LogP contribution in [0.25, 0.3) is 0 Å². The number of aryl methyl sites for hydroxylation is 1. The fourth-order valence-corrected chi connectivity index (χ4v) is 1.86. The zero-order chi connectivity index (χ0) is 14.4. The molecule has 0 spiro atoms. The molecule has 4 heteroatoms. The van der Waals surface area contributed by atoms with Gasteiger partial charge in [0.15, 0.2) is 0 Å². The highest BCUT2D eigenvalue weighted by atomic mass is 16.5. The number of nitrogens with zero attached hydrogens (tertiary/aromatic N) is 2. The van der Waals surface area contributed by atoms with E-state index >= 15 is 0 Å². The van der Waals surface area contributed by atoms with Crippen LogP contribution in [0.2, 0.25) is 0 Å². The molecule has 4 nitrogen and oxygen atoms in total. The topological polar surface area (TPSA) is 47.0 Å². The Kier molecular flexibility index (Phi) is 4.93. The van der Waals surface area contributed by atoms with E-state index < -0.39 is 0 Å². The molecule has 2 aromatic rings. The van der Waals surface area contributed by atoms with Crippen molar-refractivity contribution < 1.29 is 4.74 Å². The van der Waals surface area contributed by atoms with Gasteiger partial charge in [0, 0.05) is 6.54 Å². The van der Waals surface area contributed by atoms with Gasteiger partial charge in [0.1, 0.15) is 17.9 Å². The molecule has 0 aliphatic rings. The molecule has 0 saturated heterocycles. The number of ether oxygens (including phenoxy) is 1. The van der Waals surface area contributed by atoms with Gasteiger partial charge in [0.05, 0.1) is 5.56 Å². The molecule has 20 heavy (non-hydrogen) atoms. The van der Waals surface area contributed by atoms with Crippen molar-refractivity contribution in [1.82, 2.24) is 9.97 Å². The maximum absolute atomic E-state index is 5.84. The van der Waals surface area contributed by atoms with Gasteiger partial charge in [0.25, 0.3) is 0 Å². The quantitative estimate of drug-likeness (QED) is 0.863. The minimum Gasteiger partial charge on any atom is -0.439 e. The SMILES string of the molecule is CCCNc1ncnc(Oc2ccc(CC)cc2)c1C. The molecule has 0 bridgehead atoms. The summed E-state index contributed by atoms with van der Waals surface area (Å²) >= 11 is 0. The molecule has 0 saturated carbocycles. The highest BCUT2D eigenvalue weighted by Gasteiger charge is 2.08. The smallest absolute Gasteiger partial charge is 0.227 e. The van der Waals surface area contributed by atoms with Crippen LogP contribution in [0.5, 0.6) is 11.6 Å². The lowest BCUT2D eigenvalue weighted by Crippen LogP contribution is -2.05. The highest BCUT2D eigenvalue weighted by Crippen LogP contribution is 2.26. The predicted octanol–water partition coefficient (Wildman–Crippen LogP) is 3.96. The molecule has 2 rings (SSSR count). The molecular formula is C16H21N3O. The summed E-state index contributed by atoms with van der Waals surface area (Å²) in [4.78, 5) is 8.45. The van der Waals surface area contributed by atoms with Crippen molar-refractivity contribution in [2.75, 3.05) is 11.9 Å². The van der Waals surface area contributed by atoms with Gasteiger partial charge in [-0.3, -0.25) is 0 Å². The predicted molar refractivity (Wildman–Crippen MR) is 81.4 cm³/mol. The van der Waals surface area contributed by atoms with E-state index in [2.05, 4.69) is 41.3 Å². The van der Waals surface area contributed by atoms with Crippen LogP contribution < -0.4 is 10.1 Å². The summed E-state index contributed by atoms with van der Waals surface area (Å²) in [6.45, 7) is 7.11. The van der Waals surface area contributed by atoms with Crippen LogP contribution in [0.1, 0.15) is 31.4 Å². The van der Waals surface area contributed by atoms with E-state index in [1.165, 1.54) is 11.9 Å². The van der Waals surface area contributed by atoms with Crippen molar-refractivity contribution in [2.24, 2.45) is 0 Å². The number of aromatic nitrogens is 2. The molecule has 0 aliphatic heterocycles. The zero-order valence-corrected chi connectivity index (χ0v) is 12.3. The average Bonchev–Trinajstić information content (AvgIpc) is 2.49. The Labute approximate surface area is 120 Å². The molecule has 1 aromatic carbocycles. The Morgan fingerprint density at radius 2 is 1.85 bits per heavy atom. The Bertz CT molecular complexity index is 552. The van der Waals surface area contributed by atoms with E-state index in [4.69, 9.17) is 4.74 Å². The van der Waals surface area contributed by atoms with Gasteiger partial charge in [-0.25, -0.2) is 9.97 Å². The molecule has 1 heterocycles. The van der Waals surface area contributed by atoms with E-state index in [-0.39, 0.29) is 0 Å². The monoisotopic (exact) mass is 271 g/mol. The van der Waals surface area contributed by atoms with Gasteiger partial charge in [-0.2, -0.15) is 0 Å². The van der Waals surface area contributed by atoms with Crippen LogP contribution in [0.4, 0.5) is 5.82 Å². The summed E-state index contributed by atoms with van der Waals surface area (Å²) in [5, 5.41) is 3.28. The number of nitrogens with one attached hydrogen (secondary N) is 1. The van der Waals surface area contributed by atoms with Crippen molar-refractivity contribution in [1.29, 1.82) is 0 Å². The first-order chi connectivity index (χ1) is 9.74. The van der Waals surface area contributed by atoms with E-state index in [0.29, 0.717) is 5.88 Å². The van der Waals surface area contributed by atoms with Crippen LogP contribution in [0, 0.1) is 6.92 Å². The van der Waals surface area contributed by atoms with E-state index in [9.17, 15) is 0 Å². The summed E-state index contributed by atoms with van der Waals surface area (Å²) in [5.74, 6) is 2.23. The Hall–Kier alpha value is -2.10.